The maximum absolute atomic E-state index is 12.7. The maximum Gasteiger partial charge on any atom is 0.253 e. The summed E-state index contributed by atoms with van der Waals surface area (Å²) < 4.78 is 0. The second kappa shape index (κ2) is 7.34. The van der Waals surface area contributed by atoms with E-state index in [-0.39, 0.29) is 18.0 Å². The molecule has 1 N–H and O–H groups in total. The molecule has 25 heavy (non-hydrogen) atoms. The first-order valence-corrected chi connectivity index (χ1v) is 8.57. The molecule has 3 rings (SSSR count). The average molecular weight is 334 g/mol. The van der Waals surface area contributed by atoms with Crippen molar-refractivity contribution >= 4 is 22.5 Å². The predicted octanol–water partition coefficient (Wildman–Crippen LogP) is 4.17. The fourth-order valence-electron chi connectivity index (χ4n) is 3.00. The summed E-state index contributed by atoms with van der Waals surface area (Å²) in [5.41, 5.74) is 3.12. The summed E-state index contributed by atoms with van der Waals surface area (Å²) in [4.78, 5) is 29.8. The van der Waals surface area contributed by atoms with Crippen LogP contribution in [-0.4, -0.2) is 10.9 Å². The molecule has 0 unspecified atom stereocenters. The Labute approximate surface area is 147 Å². The Morgan fingerprint density at radius 1 is 1.08 bits per heavy atom. The zero-order valence-electron chi connectivity index (χ0n) is 14.6. The number of amides is 1. The molecule has 1 heterocycles. The molecule has 0 aliphatic heterocycles. The number of hydrogen-bond donors (Lipinski definition) is 1. The molecule has 0 fully saturated rings. The standard InChI is InChI=1S/C21H22N2O2/c1-3-8-20(24)23(19-12-7-4-9-15(19)2)14-17-13-16-10-5-6-11-18(16)22-21(17)25/h4-7,9-13H,3,8,14H2,1-2H3,(H,22,25). The number of carbonyl (C=O) groups is 1. The van der Waals surface area contributed by atoms with Crippen LogP contribution in [0.2, 0.25) is 0 Å². The molecule has 128 valence electrons. The number of nitrogens with one attached hydrogen (secondary N) is 1. The van der Waals surface area contributed by atoms with Crippen molar-refractivity contribution in [2.24, 2.45) is 0 Å². The first-order valence-electron chi connectivity index (χ1n) is 8.57. The maximum atomic E-state index is 12.7. The van der Waals surface area contributed by atoms with Crippen LogP contribution in [0, 0.1) is 6.92 Å². The van der Waals surface area contributed by atoms with E-state index in [0.29, 0.717) is 12.0 Å². The molecule has 0 saturated carbocycles. The van der Waals surface area contributed by atoms with Gasteiger partial charge in [0.1, 0.15) is 0 Å². The molecule has 0 aliphatic rings. The number of anilines is 1. The van der Waals surface area contributed by atoms with Crippen molar-refractivity contribution in [1.29, 1.82) is 0 Å². The molecule has 0 radical (unpaired) electrons. The lowest BCUT2D eigenvalue weighted by atomic mass is 10.1. The summed E-state index contributed by atoms with van der Waals surface area (Å²) >= 11 is 0. The lowest BCUT2D eigenvalue weighted by Gasteiger charge is -2.24. The SMILES string of the molecule is CCCC(=O)N(Cc1cc2ccccc2[nH]c1=O)c1ccccc1C. The van der Waals surface area contributed by atoms with Crippen molar-refractivity contribution < 1.29 is 4.79 Å². The lowest BCUT2D eigenvalue weighted by molar-refractivity contribution is -0.118. The van der Waals surface area contributed by atoms with Gasteiger partial charge in [-0.25, -0.2) is 0 Å². The zero-order chi connectivity index (χ0) is 17.8. The van der Waals surface area contributed by atoms with E-state index in [9.17, 15) is 9.59 Å². The fraction of sp³-hybridized carbons (Fsp3) is 0.238. The largest absolute Gasteiger partial charge is 0.322 e. The van der Waals surface area contributed by atoms with Crippen LogP contribution in [-0.2, 0) is 11.3 Å². The topological polar surface area (TPSA) is 53.2 Å². The van der Waals surface area contributed by atoms with Crippen LogP contribution in [0.5, 0.6) is 0 Å². The van der Waals surface area contributed by atoms with Crippen LogP contribution in [0.25, 0.3) is 10.9 Å². The quantitative estimate of drug-likeness (QED) is 0.761. The van der Waals surface area contributed by atoms with Gasteiger partial charge in [-0.15, -0.1) is 0 Å². The highest BCUT2D eigenvalue weighted by molar-refractivity contribution is 5.94. The Morgan fingerprint density at radius 3 is 2.56 bits per heavy atom. The summed E-state index contributed by atoms with van der Waals surface area (Å²) in [6, 6.07) is 17.3. The van der Waals surface area contributed by atoms with E-state index in [1.54, 1.807) is 4.90 Å². The van der Waals surface area contributed by atoms with Gasteiger partial charge in [0.05, 0.1) is 6.54 Å². The molecule has 1 aromatic heterocycles. The Kier molecular flexibility index (Phi) is 4.98. The van der Waals surface area contributed by atoms with Crippen molar-refractivity contribution in [3.63, 3.8) is 0 Å². The monoisotopic (exact) mass is 334 g/mol. The minimum Gasteiger partial charge on any atom is -0.322 e. The summed E-state index contributed by atoms with van der Waals surface area (Å²) in [6.45, 7) is 4.23. The highest BCUT2D eigenvalue weighted by atomic mass is 16.2. The van der Waals surface area contributed by atoms with Crippen LogP contribution in [0.1, 0.15) is 30.9 Å². The second-order valence-electron chi connectivity index (χ2n) is 6.23. The third-order valence-electron chi connectivity index (χ3n) is 4.33. The third-order valence-corrected chi connectivity index (χ3v) is 4.33. The molecule has 1 amide bonds. The van der Waals surface area contributed by atoms with E-state index in [1.807, 2.05) is 68.4 Å². The molecule has 0 bridgehead atoms. The number of para-hydroxylation sites is 2. The summed E-state index contributed by atoms with van der Waals surface area (Å²) in [5.74, 6) is 0.0318. The normalized spacial score (nSPS) is 10.8. The Hall–Kier alpha value is -2.88. The number of benzene rings is 2. The summed E-state index contributed by atoms with van der Waals surface area (Å²) in [7, 11) is 0. The molecule has 4 heteroatoms. The van der Waals surface area contributed by atoms with E-state index < -0.39 is 0 Å². The van der Waals surface area contributed by atoms with Gasteiger partial charge in [0, 0.05) is 23.2 Å². The second-order valence-corrected chi connectivity index (χ2v) is 6.23. The molecule has 2 aromatic carbocycles. The number of nitrogens with zero attached hydrogens (tertiary/aromatic N) is 1. The number of fused-ring (bicyclic) bond motifs is 1. The minimum absolute atomic E-state index is 0.0318. The Bertz CT molecular complexity index is 959. The van der Waals surface area contributed by atoms with Crippen LogP contribution in [0.3, 0.4) is 0 Å². The van der Waals surface area contributed by atoms with Gasteiger partial charge in [0.2, 0.25) is 5.91 Å². The number of carbonyl (C=O) groups excluding carboxylic acids is 1. The van der Waals surface area contributed by atoms with Crippen LogP contribution >= 0.6 is 0 Å². The Morgan fingerprint density at radius 2 is 1.80 bits per heavy atom. The van der Waals surface area contributed by atoms with Gasteiger partial charge in [0.15, 0.2) is 0 Å². The first kappa shape index (κ1) is 17.0. The van der Waals surface area contributed by atoms with Gasteiger partial charge in [-0.1, -0.05) is 43.3 Å². The number of H-pyrrole nitrogens is 1. The van der Waals surface area contributed by atoms with E-state index in [2.05, 4.69) is 4.98 Å². The summed E-state index contributed by atoms with van der Waals surface area (Å²) in [5, 5.41) is 0.963. The minimum atomic E-state index is -0.151. The molecule has 0 atom stereocenters. The number of aromatic amines is 1. The van der Waals surface area contributed by atoms with E-state index in [1.165, 1.54) is 0 Å². The molecule has 3 aromatic rings. The molecule has 0 spiro atoms. The zero-order valence-corrected chi connectivity index (χ0v) is 14.6. The number of aromatic nitrogens is 1. The molecule has 0 aliphatic carbocycles. The number of rotatable bonds is 5. The van der Waals surface area contributed by atoms with Crippen molar-refractivity contribution in [3.05, 3.63) is 76.1 Å². The van der Waals surface area contributed by atoms with Crippen molar-refractivity contribution in [2.45, 2.75) is 33.2 Å². The van der Waals surface area contributed by atoms with Crippen LogP contribution < -0.4 is 10.5 Å². The Balaban J connectivity index is 2.03. The molecular formula is C21H22N2O2. The van der Waals surface area contributed by atoms with Gasteiger partial charge < -0.3 is 9.88 Å². The highest BCUT2D eigenvalue weighted by Crippen LogP contribution is 2.23. The molecule has 4 nitrogen and oxygen atoms in total. The van der Waals surface area contributed by atoms with Gasteiger partial charge in [-0.2, -0.15) is 0 Å². The predicted molar refractivity (Wildman–Crippen MR) is 102 cm³/mol. The highest BCUT2D eigenvalue weighted by Gasteiger charge is 2.18. The average Bonchev–Trinajstić information content (AvgIpc) is 2.61. The third kappa shape index (κ3) is 3.63. The number of aryl methyl sites for hydroxylation is 1. The number of hydrogen-bond acceptors (Lipinski definition) is 2. The smallest absolute Gasteiger partial charge is 0.253 e. The fourth-order valence-corrected chi connectivity index (χ4v) is 3.00. The molecular weight excluding hydrogens is 312 g/mol. The number of pyridine rings is 1. The first-order chi connectivity index (χ1) is 12.1. The van der Waals surface area contributed by atoms with E-state index in [4.69, 9.17) is 0 Å². The van der Waals surface area contributed by atoms with Crippen LogP contribution in [0.15, 0.2) is 59.4 Å². The lowest BCUT2D eigenvalue weighted by Crippen LogP contribution is -2.33. The molecule has 0 saturated heterocycles. The van der Waals surface area contributed by atoms with Crippen LogP contribution in [0.4, 0.5) is 5.69 Å². The van der Waals surface area contributed by atoms with Crippen molar-refractivity contribution in [3.8, 4) is 0 Å². The summed E-state index contributed by atoms with van der Waals surface area (Å²) in [6.07, 6.45) is 1.23. The van der Waals surface area contributed by atoms with E-state index >= 15 is 0 Å². The van der Waals surface area contributed by atoms with Crippen molar-refractivity contribution in [1.82, 2.24) is 4.98 Å². The van der Waals surface area contributed by atoms with Gasteiger partial charge >= 0.3 is 0 Å². The van der Waals surface area contributed by atoms with Gasteiger partial charge in [0.25, 0.3) is 5.56 Å². The van der Waals surface area contributed by atoms with Crippen molar-refractivity contribution in [2.75, 3.05) is 4.90 Å². The van der Waals surface area contributed by atoms with Gasteiger partial charge in [-0.3, -0.25) is 9.59 Å². The van der Waals surface area contributed by atoms with Gasteiger partial charge in [-0.05, 0) is 42.5 Å². The van der Waals surface area contributed by atoms with E-state index in [0.717, 1.165) is 28.6 Å².